The Morgan fingerprint density at radius 1 is 1.30 bits per heavy atom. The molecule has 0 spiro atoms. The Morgan fingerprint density at radius 2 is 2.10 bits per heavy atom. The molecule has 0 unspecified atom stereocenters. The lowest BCUT2D eigenvalue weighted by atomic mass is 10.1. The second kappa shape index (κ2) is 5.02. The minimum Gasteiger partial charge on any atom is -0.307 e. The van der Waals surface area contributed by atoms with Crippen LogP contribution in [0.2, 0.25) is 0 Å². The molecule has 0 saturated carbocycles. The normalized spacial score (nSPS) is 13.4. The Morgan fingerprint density at radius 3 is 2.85 bits per heavy atom. The average molecular weight is 334 g/mol. The van der Waals surface area contributed by atoms with Gasteiger partial charge in [-0.2, -0.15) is 0 Å². The SMILES string of the molecule is Cc1cccc2c1N(C(=O)c1cc(F)cc(Br)c1)CC2. The fourth-order valence-electron chi connectivity index (χ4n) is 2.69. The van der Waals surface area contributed by atoms with Crippen LogP contribution in [0.3, 0.4) is 0 Å². The number of carbonyl (C=O) groups is 1. The first kappa shape index (κ1) is 13.3. The largest absolute Gasteiger partial charge is 0.307 e. The van der Waals surface area contributed by atoms with E-state index in [1.165, 1.54) is 17.7 Å². The summed E-state index contributed by atoms with van der Waals surface area (Å²) in [4.78, 5) is 14.3. The predicted molar refractivity (Wildman–Crippen MR) is 80.7 cm³/mol. The number of halogens is 2. The molecule has 1 aliphatic rings. The van der Waals surface area contributed by atoms with Crippen LogP contribution in [0, 0.1) is 12.7 Å². The van der Waals surface area contributed by atoms with Crippen LogP contribution < -0.4 is 4.90 Å². The van der Waals surface area contributed by atoms with E-state index in [1.54, 1.807) is 11.0 Å². The number of nitrogens with zero attached hydrogens (tertiary/aromatic N) is 1. The lowest BCUT2D eigenvalue weighted by molar-refractivity contribution is 0.0988. The molecule has 0 fully saturated rings. The van der Waals surface area contributed by atoms with E-state index in [1.807, 2.05) is 25.1 Å². The molecule has 20 heavy (non-hydrogen) atoms. The van der Waals surface area contributed by atoms with Crippen molar-refractivity contribution >= 4 is 27.5 Å². The molecular weight excluding hydrogens is 321 g/mol. The summed E-state index contributed by atoms with van der Waals surface area (Å²) in [7, 11) is 0. The van der Waals surface area contributed by atoms with Crippen LogP contribution in [0.5, 0.6) is 0 Å². The van der Waals surface area contributed by atoms with E-state index >= 15 is 0 Å². The minimum absolute atomic E-state index is 0.154. The highest BCUT2D eigenvalue weighted by molar-refractivity contribution is 9.10. The molecule has 2 aromatic rings. The van der Waals surface area contributed by atoms with Crippen molar-refractivity contribution in [3.63, 3.8) is 0 Å². The zero-order valence-electron chi connectivity index (χ0n) is 11.0. The number of hydrogen-bond acceptors (Lipinski definition) is 1. The van der Waals surface area contributed by atoms with Gasteiger partial charge in [0.1, 0.15) is 5.82 Å². The van der Waals surface area contributed by atoms with Gasteiger partial charge in [-0.25, -0.2) is 4.39 Å². The maximum Gasteiger partial charge on any atom is 0.258 e. The Balaban J connectivity index is 2.02. The van der Waals surface area contributed by atoms with E-state index < -0.39 is 5.82 Å². The quantitative estimate of drug-likeness (QED) is 0.769. The topological polar surface area (TPSA) is 20.3 Å². The number of para-hydroxylation sites is 1. The van der Waals surface area contributed by atoms with Crippen LogP contribution >= 0.6 is 15.9 Å². The van der Waals surface area contributed by atoms with Gasteiger partial charge in [-0.1, -0.05) is 34.1 Å². The van der Waals surface area contributed by atoms with E-state index in [9.17, 15) is 9.18 Å². The highest BCUT2D eigenvalue weighted by Gasteiger charge is 2.27. The molecule has 0 N–H and O–H groups in total. The number of hydrogen-bond donors (Lipinski definition) is 0. The molecule has 1 aliphatic heterocycles. The molecule has 102 valence electrons. The third-order valence-corrected chi connectivity index (χ3v) is 4.01. The molecular formula is C16H13BrFNO. The van der Waals surface area contributed by atoms with Crippen molar-refractivity contribution in [1.82, 2.24) is 0 Å². The van der Waals surface area contributed by atoms with Crippen LogP contribution in [0.15, 0.2) is 40.9 Å². The zero-order valence-corrected chi connectivity index (χ0v) is 12.6. The molecule has 2 aromatic carbocycles. The van der Waals surface area contributed by atoms with Crippen LogP contribution in [0.4, 0.5) is 10.1 Å². The predicted octanol–water partition coefficient (Wildman–Crippen LogP) is 4.10. The summed E-state index contributed by atoms with van der Waals surface area (Å²) in [5.74, 6) is -0.565. The Kier molecular flexibility index (Phi) is 3.34. The summed E-state index contributed by atoms with van der Waals surface area (Å²) in [5, 5.41) is 0. The van der Waals surface area contributed by atoms with Gasteiger partial charge >= 0.3 is 0 Å². The Bertz CT molecular complexity index is 679. The third kappa shape index (κ3) is 2.24. The third-order valence-electron chi connectivity index (χ3n) is 3.55. The second-order valence-electron chi connectivity index (χ2n) is 4.95. The summed E-state index contributed by atoms with van der Waals surface area (Å²) in [6.07, 6.45) is 0.846. The fourth-order valence-corrected chi connectivity index (χ4v) is 3.15. The molecule has 1 heterocycles. The van der Waals surface area contributed by atoms with Crippen molar-refractivity contribution in [2.45, 2.75) is 13.3 Å². The van der Waals surface area contributed by atoms with Gasteiger partial charge in [-0.3, -0.25) is 4.79 Å². The molecule has 1 amide bonds. The Hall–Kier alpha value is -1.68. The molecule has 3 rings (SSSR count). The summed E-state index contributed by atoms with van der Waals surface area (Å²) in [6.45, 7) is 2.64. The minimum atomic E-state index is -0.410. The number of fused-ring (bicyclic) bond motifs is 1. The number of carbonyl (C=O) groups excluding carboxylic acids is 1. The van der Waals surface area contributed by atoms with Crippen LogP contribution in [0.25, 0.3) is 0 Å². The average Bonchev–Trinajstić information content (AvgIpc) is 2.82. The first-order valence-electron chi connectivity index (χ1n) is 6.43. The van der Waals surface area contributed by atoms with Gasteiger partial charge in [0.05, 0.1) is 5.69 Å². The van der Waals surface area contributed by atoms with E-state index in [2.05, 4.69) is 15.9 Å². The number of aryl methyl sites for hydroxylation is 1. The monoisotopic (exact) mass is 333 g/mol. The first-order valence-corrected chi connectivity index (χ1v) is 7.22. The van der Waals surface area contributed by atoms with Crippen molar-refractivity contribution < 1.29 is 9.18 Å². The molecule has 0 radical (unpaired) electrons. The summed E-state index contributed by atoms with van der Waals surface area (Å²) in [5.41, 5.74) is 3.59. The fraction of sp³-hybridized carbons (Fsp3) is 0.188. The summed E-state index contributed by atoms with van der Waals surface area (Å²) < 4.78 is 14.0. The van der Waals surface area contributed by atoms with Gasteiger partial charge in [0.15, 0.2) is 0 Å². The first-order chi connectivity index (χ1) is 9.56. The number of benzene rings is 2. The molecule has 0 aromatic heterocycles. The molecule has 0 saturated heterocycles. The maximum atomic E-state index is 13.4. The van der Waals surface area contributed by atoms with Gasteiger partial charge in [-0.15, -0.1) is 0 Å². The number of amides is 1. The van der Waals surface area contributed by atoms with Gasteiger partial charge in [0, 0.05) is 16.6 Å². The zero-order chi connectivity index (χ0) is 14.3. The lowest BCUT2D eigenvalue weighted by Gasteiger charge is -2.19. The summed E-state index contributed by atoms with van der Waals surface area (Å²) in [6, 6.07) is 10.3. The van der Waals surface area contributed by atoms with E-state index in [0.717, 1.165) is 17.7 Å². The summed E-state index contributed by atoms with van der Waals surface area (Å²) >= 11 is 3.23. The van der Waals surface area contributed by atoms with Crippen molar-refractivity contribution in [1.29, 1.82) is 0 Å². The maximum absolute atomic E-state index is 13.4. The number of rotatable bonds is 1. The standard InChI is InChI=1S/C16H13BrFNO/c1-10-3-2-4-11-5-6-19(15(10)11)16(20)12-7-13(17)9-14(18)8-12/h2-4,7-9H,5-6H2,1H3. The molecule has 0 bridgehead atoms. The highest BCUT2D eigenvalue weighted by atomic mass is 79.9. The van der Waals surface area contributed by atoms with E-state index in [0.29, 0.717) is 16.6 Å². The molecule has 0 atom stereocenters. The molecule has 2 nitrogen and oxygen atoms in total. The van der Waals surface area contributed by atoms with Gasteiger partial charge in [0.2, 0.25) is 0 Å². The molecule has 4 heteroatoms. The van der Waals surface area contributed by atoms with Crippen LogP contribution in [-0.2, 0) is 6.42 Å². The Labute approximate surface area is 125 Å². The van der Waals surface area contributed by atoms with Crippen LogP contribution in [0.1, 0.15) is 21.5 Å². The second-order valence-corrected chi connectivity index (χ2v) is 5.86. The highest BCUT2D eigenvalue weighted by Crippen LogP contribution is 2.32. The van der Waals surface area contributed by atoms with Gasteiger partial charge in [0.25, 0.3) is 5.91 Å². The van der Waals surface area contributed by atoms with Crippen molar-refractivity contribution in [2.75, 3.05) is 11.4 Å². The lowest BCUT2D eigenvalue weighted by Crippen LogP contribution is -2.29. The van der Waals surface area contributed by atoms with E-state index in [-0.39, 0.29) is 5.91 Å². The van der Waals surface area contributed by atoms with Crippen molar-refractivity contribution in [3.05, 3.63) is 63.4 Å². The van der Waals surface area contributed by atoms with Gasteiger partial charge < -0.3 is 4.90 Å². The smallest absolute Gasteiger partial charge is 0.258 e. The van der Waals surface area contributed by atoms with Crippen molar-refractivity contribution in [3.8, 4) is 0 Å². The van der Waals surface area contributed by atoms with E-state index in [4.69, 9.17) is 0 Å². The number of anilines is 1. The molecule has 0 aliphatic carbocycles. The van der Waals surface area contributed by atoms with Crippen molar-refractivity contribution in [2.24, 2.45) is 0 Å². The van der Waals surface area contributed by atoms with Crippen LogP contribution in [-0.4, -0.2) is 12.5 Å². The van der Waals surface area contributed by atoms with Gasteiger partial charge in [-0.05, 0) is 42.7 Å².